The molecule has 0 fully saturated rings. The zero-order chi connectivity index (χ0) is 14.2. The Hall–Kier alpha value is -1.10. The molecule has 0 aliphatic rings. The summed E-state index contributed by atoms with van der Waals surface area (Å²) in [7, 11) is 0. The summed E-state index contributed by atoms with van der Waals surface area (Å²) in [6, 6.07) is 0. The van der Waals surface area contributed by atoms with Crippen molar-refractivity contribution in [2.24, 2.45) is 11.3 Å². The van der Waals surface area contributed by atoms with Crippen LogP contribution in [0.25, 0.3) is 0 Å². The quantitative estimate of drug-likeness (QED) is 0.628. The van der Waals surface area contributed by atoms with Crippen molar-refractivity contribution in [3.05, 3.63) is 0 Å². The van der Waals surface area contributed by atoms with Crippen LogP contribution in [0.2, 0.25) is 0 Å². The van der Waals surface area contributed by atoms with Gasteiger partial charge in [-0.3, -0.25) is 9.59 Å². The third-order valence-electron chi connectivity index (χ3n) is 2.59. The number of aliphatic hydroxyl groups is 1. The van der Waals surface area contributed by atoms with E-state index in [1.807, 2.05) is 27.7 Å². The topological polar surface area (TPSA) is 78.4 Å². The highest BCUT2D eigenvalue weighted by Crippen LogP contribution is 2.11. The Balaban J connectivity index is 3.69. The van der Waals surface area contributed by atoms with E-state index < -0.39 is 5.41 Å². The summed E-state index contributed by atoms with van der Waals surface area (Å²) in [5.41, 5.74) is -0.424. The Labute approximate surface area is 109 Å². The third-order valence-corrected chi connectivity index (χ3v) is 2.59. The molecule has 0 rings (SSSR count). The highest BCUT2D eigenvalue weighted by Gasteiger charge is 2.20. The van der Waals surface area contributed by atoms with Crippen molar-refractivity contribution < 1.29 is 14.7 Å². The second kappa shape index (κ2) is 8.08. The van der Waals surface area contributed by atoms with Gasteiger partial charge in [-0.2, -0.15) is 0 Å². The minimum absolute atomic E-state index is 0.0519. The maximum Gasteiger partial charge on any atom is 0.225 e. The van der Waals surface area contributed by atoms with E-state index in [4.69, 9.17) is 5.11 Å². The van der Waals surface area contributed by atoms with Gasteiger partial charge in [-0.15, -0.1) is 0 Å². The summed E-state index contributed by atoms with van der Waals surface area (Å²) in [6.07, 6.45) is 0.967. The van der Waals surface area contributed by atoms with Crippen molar-refractivity contribution in [2.75, 3.05) is 19.7 Å². The van der Waals surface area contributed by atoms with Crippen LogP contribution in [-0.4, -0.2) is 36.6 Å². The van der Waals surface area contributed by atoms with Crippen molar-refractivity contribution in [3.8, 4) is 0 Å². The van der Waals surface area contributed by atoms with E-state index in [-0.39, 0.29) is 30.8 Å². The van der Waals surface area contributed by atoms with Crippen LogP contribution in [0, 0.1) is 11.3 Å². The Kier molecular flexibility index (Phi) is 7.59. The molecule has 1 atom stereocenters. The summed E-state index contributed by atoms with van der Waals surface area (Å²) >= 11 is 0. The Morgan fingerprint density at radius 1 is 1.22 bits per heavy atom. The molecule has 0 aliphatic heterocycles. The maximum atomic E-state index is 11.5. The molecule has 0 radical (unpaired) electrons. The molecule has 0 aromatic carbocycles. The van der Waals surface area contributed by atoms with Crippen LogP contribution in [0.15, 0.2) is 0 Å². The minimum Gasteiger partial charge on any atom is -0.396 e. The van der Waals surface area contributed by atoms with Gasteiger partial charge in [-0.05, 0) is 12.3 Å². The second-order valence-electron chi connectivity index (χ2n) is 5.68. The molecule has 0 heterocycles. The Morgan fingerprint density at radius 2 is 1.83 bits per heavy atom. The van der Waals surface area contributed by atoms with Gasteiger partial charge >= 0.3 is 0 Å². The van der Waals surface area contributed by atoms with Gasteiger partial charge in [0.1, 0.15) is 0 Å². The van der Waals surface area contributed by atoms with E-state index in [1.165, 1.54) is 0 Å². The minimum atomic E-state index is -0.424. The normalized spacial score (nSPS) is 12.9. The predicted octanol–water partition coefficient (Wildman–Crippen LogP) is 0.673. The fourth-order valence-electron chi connectivity index (χ4n) is 1.25. The summed E-state index contributed by atoms with van der Waals surface area (Å²) in [5.74, 6) is 0.140. The highest BCUT2D eigenvalue weighted by atomic mass is 16.3. The summed E-state index contributed by atoms with van der Waals surface area (Å²) < 4.78 is 0. The monoisotopic (exact) mass is 258 g/mol. The summed E-state index contributed by atoms with van der Waals surface area (Å²) in [4.78, 5) is 23.0. The summed E-state index contributed by atoms with van der Waals surface area (Å²) in [6.45, 7) is 8.52. The molecule has 0 aromatic rings. The van der Waals surface area contributed by atoms with Gasteiger partial charge in [0.05, 0.1) is 0 Å². The van der Waals surface area contributed by atoms with Gasteiger partial charge in [-0.1, -0.05) is 27.7 Å². The molecular formula is C13H26N2O3. The molecule has 2 amide bonds. The number of hydrogen-bond acceptors (Lipinski definition) is 3. The lowest BCUT2D eigenvalue weighted by Gasteiger charge is -2.17. The molecule has 0 spiro atoms. The molecule has 18 heavy (non-hydrogen) atoms. The average Bonchev–Trinajstić information content (AvgIpc) is 2.25. The van der Waals surface area contributed by atoms with Crippen molar-refractivity contribution in [2.45, 2.75) is 40.5 Å². The molecular weight excluding hydrogens is 232 g/mol. The van der Waals surface area contributed by atoms with E-state index in [0.717, 1.165) is 0 Å². The van der Waals surface area contributed by atoms with Gasteiger partial charge in [-0.25, -0.2) is 0 Å². The van der Waals surface area contributed by atoms with E-state index in [0.29, 0.717) is 19.5 Å². The number of carbonyl (C=O) groups excluding carboxylic acids is 2. The van der Waals surface area contributed by atoms with E-state index in [9.17, 15) is 9.59 Å². The zero-order valence-electron chi connectivity index (χ0n) is 11.9. The lowest BCUT2D eigenvalue weighted by atomic mass is 9.96. The predicted molar refractivity (Wildman–Crippen MR) is 71.0 cm³/mol. The van der Waals surface area contributed by atoms with Crippen LogP contribution in [0.1, 0.15) is 40.5 Å². The molecule has 5 heteroatoms. The van der Waals surface area contributed by atoms with Crippen LogP contribution in [0.3, 0.4) is 0 Å². The Morgan fingerprint density at radius 3 is 2.33 bits per heavy atom. The number of rotatable bonds is 7. The molecule has 0 saturated heterocycles. The van der Waals surface area contributed by atoms with Crippen LogP contribution in [-0.2, 0) is 9.59 Å². The van der Waals surface area contributed by atoms with E-state index >= 15 is 0 Å². The molecule has 0 aliphatic carbocycles. The number of amides is 2. The van der Waals surface area contributed by atoms with E-state index in [2.05, 4.69) is 10.6 Å². The van der Waals surface area contributed by atoms with Crippen molar-refractivity contribution in [1.29, 1.82) is 0 Å². The number of nitrogens with one attached hydrogen (secondary N) is 2. The van der Waals surface area contributed by atoms with Crippen LogP contribution in [0.5, 0.6) is 0 Å². The smallest absolute Gasteiger partial charge is 0.225 e. The number of carbonyl (C=O) groups is 2. The average molecular weight is 258 g/mol. The first-order valence-electron chi connectivity index (χ1n) is 6.43. The summed E-state index contributed by atoms with van der Waals surface area (Å²) in [5, 5.41) is 14.2. The molecule has 0 aromatic heterocycles. The van der Waals surface area contributed by atoms with Crippen molar-refractivity contribution >= 4 is 11.8 Å². The lowest BCUT2D eigenvalue weighted by molar-refractivity contribution is -0.128. The Bertz CT molecular complexity index is 272. The molecule has 0 bridgehead atoms. The fourth-order valence-corrected chi connectivity index (χ4v) is 1.25. The number of aliphatic hydroxyl groups excluding tert-OH is 1. The first-order valence-corrected chi connectivity index (χ1v) is 6.43. The highest BCUT2D eigenvalue weighted by molar-refractivity contribution is 5.82. The number of hydrogen-bond donors (Lipinski definition) is 3. The molecule has 1 unspecified atom stereocenters. The molecule has 106 valence electrons. The fraction of sp³-hybridized carbons (Fsp3) is 0.846. The van der Waals surface area contributed by atoms with Crippen LogP contribution < -0.4 is 10.6 Å². The van der Waals surface area contributed by atoms with Crippen LogP contribution >= 0.6 is 0 Å². The van der Waals surface area contributed by atoms with Gasteiger partial charge < -0.3 is 15.7 Å². The molecule has 0 saturated carbocycles. The van der Waals surface area contributed by atoms with Crippen molar-refractivity contribution in [1.82, 2.24) is 10.6 Å². The van der Waals surface area contributed by atoms with Gasteiger partial charge in [0.2, 0.25) is 11.8 Å². The van der Waals surface area contributed by atoms with Gasteiger partial charge in [0, 0.05) is 31.5 Å². The first-order chi connectivity index (χ1) is 8.27. The van der Waals surface area contributed by atoms with Gasteiger partial charge in [0.25, 0.3) is 0 Å². The lowest BCUT2D eigenvalue weighted by Crippen LogP contribution is -2.37. The largest absolute Gasteiger partial charge is 0.396 e. The standard InChI is InChI=1S/C13H26N2O3/c1-10(6-8-16)9-15-11(17)5-7-14-12(18)13(2,3)4/h10,16H,5-9H2,1-4H3,(H,14,18)(H,15,17). The second-order valence-corrected chi connectivity index (χ2v) is 5.68. The molecule has 5 nitrogen and oxygen atoms in total. The van der Waals surface area contributed by atoms with E-state index in [1.54, 1.807) is 0 Å². The third kappa shape index (κ3) is 8.06. The van der Waals surface area contributed by atoms with Crippen LogP contribution in [0.4, 0.5) is 0 Å². The van der Waals surface area contributed by atoms with Crippen molar-refractivity contribution in [3.63, 3.8) is 0 Å². The van der Waals surface area contributed by atoms with Gasteiger partial charge in [0.15, 0.2) is 0 Å². The first kappa shape index (κ1) is 16.9. The maximum absolute atomic E-state index is 11.5. The zero-order valence-corrected chi connectivity index (χ0v) is 11.9. The SMILES string of the molecule is CC(CCO)CNC(=O)CCNC(=O)C(C)(C)C. The molecule has 3 N–H and O–H groups in total.